The summed E-state index contributed by atoms with van der Waals surface area (Å²) in [5.74, 6) is 0.327. The maximum absolute atomic E-state index is 12.7. The minimum absolute atomic E-state index is 0.0787. The fourth-order valence-electron chi connectivity index (χ4n) is 10.2. The molecule has 3 saturated carbocycles. The molecule has 6 aliphatic rings. The van der Waals surface area contributed by atoms with Gasteiger partial charge in [-0.2, -0.15) is 0 Å². The first-order valence-corrected chi connectivity index (χ1v) is 14.8. The van der Waals surface area contributed by atoms with Gasteiger partial charge in [-0.15, -0.1) is 0 Å². The zero-order valence-electron chi connectivity index (χ0n) is 23.9. The predicted molar refractivity (Wildman–Crippen MR) is 148 cm³/mol. The summed E-state index contributed by atoms with van der Waals surface area (Å²) in [4.78, 5) is 15.2. The quantitative estimate of drug-likeness (QED) is 0.439. The Kier molecular flexibility index (Phi) is 5.50. The Balaban J connectivity index is 1.38. The summed E-state index contributed by atoms with van der Waals surface area (Å²) in [6.45, 7) is 17.5. The van der Waals surface area contributed by atoms with Crippen molar-refractivity contribution < 1.29 is 15.0 Å². The third-order valence-electron chi connectivity index (χ3n) is 12.8. The van der Waals surface area contributed by atoms with Crippen molar-refractivity contribution in [1.82, 2.24) is 4.90 Å². The average molecular weight is 506 g/mol. The van der Waals surface area contributed by atoms with E-state index >= 15 is 0 Å². The van der Waals surface area contributed by atoms with E-state index in [1.165, 1.54) is 44.1 Å². The second-order valence-electron chi connectivity index (χ2n) is 15.0. The molecular weight excluding hydrogens is 458 g/mol. The molecule has 0 radical (unpaired) electrons. The molecule has 0 aromatic rings. The second kappa shape index (κ2) is 7.94. The smallest absolute Gasteiger partial charge is 0.220 e. The number of aliphatic hydroxyl groups is 2. The molecule has 0 bridgehead atoms. The van der Waals surface area contributed by atoms with Crippen molar-refractivity contribution in [3.8, 4) is 0 Å². The zero-order valence-corrected chi connectivity index (χ0v) is 23.9. The van der Waals surface area contributed by atoms with E-state index in [2.05, 4.69) is 51.7 Å². The van der Waals surface area contributed by atoms with Crippen molar-refractivity contribution in [2.45, 2.75) is 99.0 Å². The Bertz CT molecular complexity index is 1180. The molecule has 0 spiro atoms. The second-order valence-corrected chi connectivity index (χ2v) is 15.0. The summed E-state index contributed by atoms with van der Waals surface area (Å²) >= 11 is 0. The van der Waals surface area contributed by atoms with Crippen molar-refractivity contribution in [2.24, 2.45) is 33.0 Å². The number of ketones is 1. The number of nitrogens with zero attached hydrogens (tertiary/aromatic N) is 1. The molecule has 1 heterocycles. The van der Waals surface area contributed by atoms with Crippen LogP contribution in [-0.4, -0.2) is 46.6 Å². The van der Waals surface area contributed by atoms with Crippen molar-refractivity contribution in [3.63, 3.8) is 0 Å². The normalized spacial score (nSPS) is 47.9. The van der Waals surface area contributed by atoms with Crippen LogP contribution in [0.3, 0.4) is 0 Å². The summed E-state index contributed by atoms with van der Waals surface area (Å²) in [6.07, 6.45) is 15.6. The summed E-state index contributed by atoms with van der Waals surface area (Å²) in [5.41, 5.74) is 5.22. The number of β-amino-alcohol motifs (C(OH)–C–C–N with tert-alkyl or cyclic N) is 1. The molecule has 4 fully saturated rings. The number of rotatable bonds is 2. The third kappa shape index (κ3) is 3.43. The summed E-state index contributed by atoms with van der Waals surface area (Å²) in [6, 6.07) is 0. The molecule has 1 unspecified atom stereocenters. The molecule has 4 heteroatoms. The van der Waals surface area contributed by atoms with Crippen LogP contribution < -0.4 is 0 Å². The highest BCUT2D eigenvalue weighted by Gasteiger charge is 2.66. The van der Waals surface area contributed by atoms with Crippen molar-refractivity contribution in [3.05, 3.63) is 46.3 Å². The lowest BCUT2D eigenvalue weighted by atomic mass is 9.34. The van der Waals surface area contributed by atoms with E-state index < -0.39 is 0 Å². The fourth-order valence-corrected chi connectivity index (χ4v) is 10.2. The molecule has 37 heavy (non-hydrogen) atoms. The molecule has 0 aromatic heterocycles. The Hall–Kier alpha value is -1.65. The summed E-state index contributed by atoms with van der Waals surface area (Å²) in [7, 11) is 0. The summed E-state index contributed by atoms with van der Waals surface area (Å²) < 4.78 is 0. The molecule has 202 valence electrons. The average Bonchev–Trinajstić information content (AvgIpc) is 3.25. The van der Waals surface area contributed by atoms with E-state index in [0.717, 1.165) is 49.2 Å². The Morgan fingerprint density at radius 1 is 1.00 bits per heavy atom. The third-order valence-corrected chi connectivity index (χ3v) is 12.8. The van der Waals surface area contributed by atoms with Crippen LogP contribution in [0.1, 0.15) is 92.9 Å². The van der Waals surface area contributed by atoms with E-state index in [0.29, 0.717) is 16.7 Å². The lowest BCUT2D eigenvalue weighted by Crippen LogP contribution is -2.62. The number of allylic oxidation sites excluding steroid dienone is 7. The minimum atomic E-state index is -0.239. The Labute approximate surface area is 223 Å². The maximum atomic E-state index is 12.7. The van der Waals surface area contributed by atoms with E-state index in [-0.39, 0.29) is 33.9 Å². The van der Waals surface area contributed by atoms with Crippen molar-refractivity contribution >= 4 is 5.78 Å². The standard InChI is InChI=1S/C33H47NO3/c1-21-23-7-8-26-31(4,24(23)17-25(36)28(21)37)13-15-33(6)27-18-29(2,20-34-16-9-22(35)19-34)10-11-30(27,3)12-14-32(26,33)5/h7-8,17,22,27,35,37H,9-16,18-20H2,1-6H3/t22?,27-,29-,30-,31+,32-,33+/m1/s1. The van der Waals surface area contributed by atoms with Gasteiger partial charge in [0.2, 0.25) is 5.78 Å². The fraction of sp³-hybridized carbons (Fsp3) is 0.727. The van der Waals surface area contributed by atoms with Gasteiger partial charge >= 0.3 is 0 Å². The lowest BCUT2D eigenvalue weighted by Gasteiger charge is -2.70. The Morgan fingerprint density at radius 3 is 2.43 bits per heavy atom. The highest BCUT2D eigenvalue weighted by atomic mass is 16.3. The van der Waals surface area contributed by atoms with Gasteiger partial charge in [0.15, 0.2) is 5.76 Å². The van der Waals surface area contributed by atoms with Crippen LogP contribution in [0.2, 0.25) is 0 Å². The molecule has 4 nitrogen and oxygen atoms in total. The van der Waals surface area contributed by atoms with E-state index in [9.17, 15) is 15.0 Å². The minimum Gasteiger partial charge on any atom is -0.504 e. The van der Waals surface area contributed by atoms with Gasteiger partial charge in [0.05, 0.1) is 6.10 Å². The first-order valence-electron chi connectivity index (χ1n) is 14.8. The topological polar surface area (TPSA) is 60.8 Å². The monoisotopic (exact) mass is 505 g/mol. The molecule has 6 rings (SSSR count). The SMILES string of the molecule is CC1=C(O)C(=O)C=C2C1=CC=C1[C@@]2(C)CC[C@@]2(C)[C@@H]3C[C@](C)(CN4CCC(O)C4)CC[C@]3(C)CC[C@]12C. The first kappa shape index (κ1) is 25.6. The molecule has 1 aliphatic heterocycles. The van der Waals surface area contributed by atoms with Gasteiger partial charge in [0, 0.05) is 30.6 Å². The van der Waals surface area contributed by atoms with E-state index in [4.69, 9.17) is 0 Å². The van der Waals surface area contributed by atoms with Gasteiger partial charge in [-0.3, -0.25) is 4.79 Å². The van der Waals surface area contributed by atoms with Crippen LogP contribution >= 0.6 is 0 Å². The molecule has 0 aromatic carbocycles. The van der Waals surface area contributed by atoms with Crippen LogP contribution in [-0.2, 0) is 4.79 Å². The van der Waals surface area contributed by atoms with Crippen molar-refractivity contribution in [1.29, 1.82) is 0 Å². The molecule has 2 N–H and O–H groups in total. The van der Waals surface area contributed by atoms with Crippen LogP contribution in [0.15, 0.2) is 46.3 Å². The lowest BCUT2D eigenvalue weighted by molar-refractivity contribution is -0.163. The van der Waals surface area contributed by atoms with Crippen LogP contribution in [0.25, 0.3) is 0 Å². The van der Waals surface area contributed by atoms with Crippen LogP contribution in [0.5, 0.6) is 0 Å². The summed E-state index contributed by atoms with van der Waals surface area (Å²) in [5, 5.41) is 20.5. The van der Waals surface area contributed by atoms with Gasteiger partial charge in [0.25, 0.3) is 0 Å². The number of hydrogen-bond acceptors (Lipinski definition) is 4. The first-order chi connectivity index (χ1) is 17.2. The van der Waals surface area contributed by atoms with Crippen LogP contribution in [0, 0.1) is 33.0 Å². The maximum Gasteiger partial charge on any atom is 0.220 e. The van der Waals surface area contributed by atoms with E-state index in [1.54, 1.807) is 6.08 Å². The van der Waals surface area contributed by atoms with Gasteiger partial charge in [-0.25, -0.2) is 0 Å². The number of carbonyl (C=O) groups excluding carboxylic acids is 1. The number of aliphatic hydroxyl groups excluding tert-OH is 2. The number of likely N-dealkylation sites (tertiary alicyclic amines) is 1. The Morgan fingerprint density at radius 2 is 1.73 bits per heavy atom. The molecule has 0 amide bonds. The van der Waals surface area contributed by atoms with Gasteiger partial charge in [-0.05, 0) is 103 Å². The van der Waals surface area contributed by atoms with E-state index in [1.807, 2.05) is 6.92 Å². The molecule has 1 saturated heterocycles. The number of carbonyl (C=O) groups is 1. The van der Waals surface area contributed by atoms with Gasteiger partial charge in [0.1, 0.15) is 0 Å². The highest BCUT2D eigenvalue weighted by molar-refractivity contribution is 6.06. The number of fused-ring (bicyclic) bond motifs is 7. The number of hydrogen-bond donors (Lipinski definition) is 2. The van der Waals surface area contributed by atoms with Crippen molar-refractivity contribution in [2.75, 3.05) is 19.6 Å². The van der Waals surface area contributed by atoms with Gasteiger partial charge in [-0.1, -0.05) is 52.3 Å². The molecule has 5 aliphatic carbocycles. The highest BCUT2D eigenvalue weighted by Crippen LogP contribution is 2.75. The molecule has 7 atom stereocenters. The zero-order chi connectivity index (χ0) is 26.6. The molecular formula is C33H47NO3. The largest absolute Gasteiger partial charge is 0.504 e. The predicted octanol–water partition coefficient (Wildman–Crippen LogP) is 6.68. The van der Waals surface area contributed by atoms with Crippen LogP contribution in [0.4, 0.5) is 0 Å². The van der Waals surface area contributed by atoms with Gasteiger partial charge < -0.3 is 15.1 Å².